The van der Waals surface area contributed by atoms with Crippen LogP contribution in [0, 0.1) is 19.8 Å². The van der Waals surface area contributed by atoms with Gasteiger partial charge >= 0.3 is 6.18 Å². The van der Waals surface area contributed by atoms with Crippen molar-refractivity contribution >= 4 is 23.2 Å². The zero-order chi connectivity index (χ0) is 28.1. The second kappa shape index (κ2) is 12.5. The second-order valence-electron chi connectivity index (χ2n) is 9.24. The van der Waals surface area contributed by atoms with Crippen molar-refractivity contribution in [2.24, 2.45) is 5.92 Å². The van der Waals surface area contributed by atoms with Gasteiger partial charge in [0.05, 0.1) is 22.5 Å². The van der Waals surface area contributed by atoms with E-state index in [1.165, 1.54) is 13.8 Å². The maximum Gasteiger partial charge on any atom is 0.416 e. The van der Waals surface area contributed by atoms with Crippen LogP contribution in [-0.2, 0) is 9.59 Å². The Kier molecular flexibility index (Phi) is 10.2. The number of nitrogens with zero attached hydrogens (tertiary/aromatic N) is 2. The molecule has 1 saturated carbocycles. The number of carbonyl (C=O) groups excluding carboxylic acids is 2. The average Bonchev–Trinajstić information content (AvgIpc) is 3.35. The number of aromatic nitrogens is 2. The summed E-state index contributed by atoms with van der Waals surface area (Å²) in [4.78, 5) is 25.2. The van der Waals surface area contributed by atoms with Crippen molar-refractivity contribution in [1.29, 1.82) is 0 Å². The van der Waals surface area contributed by atoms with Crippen LogP contribution in [0.25, 0.3) is 5.69 Å². The zero-order valence-corrected chi connectivity index (χ0v) is 22.3. The van der Waals surface area contributed by atoms with Gasteiger partial charge in [-0.1, -0.05) is 37.6 Å². The molecule has 1 heterocycles. The SMILES string of the molecule is C=C/C(=C\C(F)=C(C)C)C(F)(F)F.CCCC1CC(=O)C(c2c(C)cc(-n3cc(Cl)cn3)cc2C)C1=O. The molecule has 2 aromatic rings. The molecule has 3 rings (SSSR count). The van der Waals surface area contributed by atoms with Gasteiger partial charge in [0.2, 0.25) is 0 Å². The van der Waals surface area contributed by atoms with Crippen LogP contribution >= 0.6 is 11.6 Å². The lowest BCUT2D eigenvalue weighted by Gasteiger charge is -2.17. The third-order valence-electron chi connectivity index (χ3n) is 6.08. The lowest BCUT2D eigenvalue weighted by molar-refractivity contribution is -0.124. The van der Waals surface area contributed by atoms with Crippen molar-refractivity contribution in [2.45, 2.75) is 66.0 Å². The highest BCUT2D eigenvalue weighted by Gasteiger charge is 2.42. The molecule has 0 spiro atoms. The molecule has 0 aliphatic heterocycles. The number of alkyl halides is 3. The van der Waals surface area contributed by atoms with Crippen molar-refractivity contribution in [3.8, 4) is 5.69 Å². The van der Waals surface area contributed by atoms with E-state index in [0.29, 0.717) is 23.6 Å². The molecule has 2 unspecified atom stereocenters. The van der Waals surface area contributed by atoms with E-state index in [2.05, 4.69) is 11.7 Å². The number of benzene rings is 1. The minimum atomic E-state index is -4.55. The quantitative estimate of drug-likeness (QED) is 0.212. The number of allylic oxidation sites excluding steroid dienone is 5. The minimum Gasteiger partial charge on any atom is -0.298 e. The normalized spacial score (nSPS) is 17.9. The summed E-state index contributed by atoms with van der Waals surface area (Å²) >= 11 is 5.94. The molecular weight excluding hydrogens is 508 g/mol. The largest absolute Gasteiger partial charge is 0.416 e. The third-order valence-corrected chi connectivity index (χ3v) is 6.28. The number of halogens is 5. The molecule has 1 aromatic heterocycles. The molecule has 4 nitrogen and oxygen atoms in total. The van der Waals surface area contributed by atoms with Crippen molar-refractivity contribution in [3.05, 3.63) is 81.9 Å². The predicted molar refractivity (Wildman–Crippen MR) is 138 cm³/mol. The Labute approximate surface area is 219 Å². The molecule has 200 valence electrons. The maximum atomic E-state index is 12.7. The molecule has 1 aliphatic carbocycles. The topological polar surface area (TPSA) is 52.0 Å². The monoisotopic (exact) mass is 538 g/mol. The van der Waals surface area contributed by atoms with Gasteiger partial charge in [-0.3, -0.25) is 9.59 Å². The van der Waals surface area contributed by atoms with E-state index in [1.807, 2.05) is 32.9 Å². The van der Waals surface area contributed by atoms with E-state index in [9.17, 15) is 27.2 Å². The van der Waals surface area contributed by atoms with Gasteiger partial charge in [-0.15, -0.1) is 0 Å². The molecule has 0 amide bonds. The Morgan fingerprint density at radius 3 is 2.24 bits per heavy atom. The van der Waals surface area contributed by atoms with E-state index >= 15 is 0 Å². The van der Waals surface area contributed by atoms with Gasteiger partial charge in [-0.25, -0.2) is 9.07 Å². The Morgan fingerprint density at radius 1 is 1.22 bits per heavy atom. The fraction of sp³-hybridized carbons (Fsp3) is 0.393. The molecule has 37 heavy (non-hydrogen) atoms. The summed E-state index contributed by atoms with van der Waals surface area (Å²) in [6.45, 7) is 11.7. The highest BCUT2D eigenvalue weighted by atomic mass is 35.5. The first-order chi connectivity index (χ1) is 17.2. The summed E-state index contributed by atoms with van der Waals surface area (Å²) in [5.74, 6) is -1.46. The van der Waals surface area contributed by atoms with Crippen LogP contribution in [0.5, 0.6) is 0 Å². The van der Waals surface area contributed by atoms with Crippen LogP contribution in [0.4, 0.5) is 17.6 Å². The lowest BCUT2D eigenvalue weighted by atomic mass is 9.86. The Hall–Kier alpha value is -3.00. The van der Waals surface area contributed by atoms with Crippen LogP contribution in [-0.4, -0.2) is 27.5 Å². The number of carbonyl (C=O) groups is 2. The predicted octanol–water partition coefficient (Wildman–Crippen LogP) is 8.11. The first kappa shape index (κ1) is 30.2. The minimum absolute atomic E-state index is 0.0551. The first-order valence-corrected chi connectivity index (χ1v) is 12.2. The fourth-order valence-corrected chi connectivity index (χ4v) is 4.41. The number of Topliss-reactive ketones (excluding diaryl/α,β-unsaturated/α-hetero) is 2. The number of hydrogen-bond acceptors (Lipinski definition) is 3. The van der Waals surface area contributed by atoms with E-state index in [4.69, 9.17) is 11.6 Å². The molecular formula is C28H31ClF4N2O2. The summed E-state index contributed by atoms with van der Waals surface area (Å²) in [5, 5.41) is 4.78. The standard InChI is InChI=1S/C19H21ClN2O2.C9H10F4/c1-4-5-13-8-16(23)18(19(13)24)17-11(2)6-15(7-12(17)3)22-10-14(20)9-21-22;1-4-7(9(11,12)13)5-8(10)6(2)3/h6-7,9-10,13,18H,4-5,8H2,1-3H3;4-5H,1H2,2-3H3/b;7-5+. The van der Waals surface area contributed by atoms with Crippen molar-refractivity contribution in [3.63, 3.8) is 0 Å². The van der Waals surface area contributed by atoms with Gasteiger partial charge < -0.3 is 0 Å². The number of aryl methyl sites for hydroxylation is 2. The summed E-state index contributed by atoms with van der Waals surface area (Å²) in [5.41, 5.74) is 2.75. The number of rotatable bonds is 6. The highest BCUT2D eigenvalue weighted by Crippen LogP contribution is 2.38. The first-order valence-electron chi connectivity index (χ1n) is 11.8. The maximum absolute atomic E-state index is 12.7. The van der Waals surface area contributed by atoms with Gasteiger partial charge in [0.1, 0.15) is 17.5 Å². The van der Waals surface area contributed by atoms with Crippen molar-refractivity contribution in [1.82, 2.24) is 9.78 Å². The van der Waals surface area contributed by atoms with Crippen molar-refractivity contribution < 1.29 is 27.2 Å². The highest BCUT2D eigenvalue weighted by molar-refractivity contribution is 6.30. The second-order valence-corrected chi connectivity index (χ2v) is 9.67. The summed E-state index contributed by atoms with van der Waals surface area (Å²) in [7, 11) is 0. The summed E-state index contributed by atoms with van der Waals surface area (Å²) in [6, 6.07) is 3.92. The van der Waals surface area contributed by atoms with Crippen LogP contribution in [0.1, 0.15) is 62.6 Å². The number of hydrogen-bond donors (Lipinski definition) is 0. The fourth-order valence-electron chi connectivity index (χ4n) is 4.27. The Morgan fingerprint density at radius 2 is 1.81 bits per heavy atom. The van der Waals surface area contributed by atoms with E-state index in [1.54, 1.807) is 17.1 Å². The molecule has 1 aliphatic rings. The zero-order valence-electron chi connectivity index (χ0n) is 21.5. The molecule has 0 bridgehead atoms. The molecule has 1 aromatic carbocycles. The van der Waals surface area contributed by atoms with Gasteiger partial charge in [0.15, 0.2) is 5.78 Å². The van der Waals surface area contributed by atoms with Crippen molar-refractivity contribution in [2.75, 3.05) is 0 Å². The molecule has 1 fully saturated rings. The lowest BCUT2D eigenvalue weighted by Crippen LogP contribution is -2.18. The van der Waals surface area contributed by atoms with Crippen LogP contribution in [0.15, 0.2) is 60.2 Å². The van der Waals surface area contributed by atoms with Crippen LogP contribution < -0.4 is 0 Å². The Bertz CT molecular complexity index is 1210. The smallest absolute Gasteiger partial charge is 0.298 e. The summed E-state index contributed by atoms with van der Waals surface area (Å²) < 4.78 is 50.5. The summed E-state index contributed by atoms with van der Waals surface area (Å²) in [6.07, 6.45) is 1.89. The van der Waals surface area contributed by atoms with E-state index in [0.717, 1.165) is 35.2 Å². The van der Waals surface area contributed by atoms with Gasteiger partial charge in [-0.05, 0) is 74.6 Å². The molecule has 0 radical (unpaired) electrons. The van der Waals surface area contributed by atoms with E-state index in [-0.39, 0.29) is 23.1 Å². The van der Waals surface area contributed by atoms with Gasteiger partial charge in [0, 0.05) is 18.5 Å². The molecule has 0 N–H and O–H groups in total. The van der Waals surface area contributed by atoms with E-state index < -0.39 is 23.5 Å². The number of ketones is 2. The van der Waals surface area contributed by atoms with Crippen LogP contribution in [0.2, 0.25) is 5.02 Å². The van der Waals surface area contributed by atoms with Gasteiger partial charge in [0.25, 0.3) is 0 Å². The molecule has 2 atom stereocenters. The van der Waals surface area contributed by atoms with Crippen LogP contribution in [0.3, 0.4) is 0 Å². The van der Waals surface area contributed by atoms with Gasteiger partial charge in [-0.2, -0.15) is 18.3 Å². The molecule has 9 heteroatoms. The average molecular weight is 539 g/mol. The third kappa shape index (κ3) is 7.51. The molecule has 0 saturated heterocycles. The Balaban J connectivity index is 0.000000317.